The van der Waals surface area contributed by atoms with Crippen LogP contribution in [0.5, 0.6) is 5.75 Å². The number of hydrogen-bond donors (Lipinski definition) is 2. The third kappa shape index (κ3) is 2.24. The number of aliphatic hydroxyl groups excluding tert-OH is 1. The number of benzene rings is 1. The highest BCUT2D eigenvalue weighted by molar-refractivity contribution is 5.32. The number of phenols is 1. The second-order valence-electron chi connectivity index (χ2n) is 2.68. The molecule has 0 radical (unpaired) electrons. The van der Waals surface area contributed by atoms with E-state index in [2.05, 4.69) is 0 Å². The minimum Gasteiger partial charge on any atom is -0.508 e. The summed E-state index contributed by atoms with van der Waals surface area (Å²) in [6.45, 7) is 1.70. The summed E-state index contributed by atoms with van der Waals surface area (Å²) in [6, 6.07) is 7.04. The van der Waals surface area contributed by atoms with Crippen LogP contribution in [0, 0.1) is 0 Å². The van der Waals surface area contributed by atoms with Crippen LogP contribution in [0.3, 0.4) is 0 Å². The first kappa shape index (κ1) is 8.08. The number of aromatic hydroxyl groups is 1. The number of hydrogen-bond acceptors (Lipinski definition) is 2. The molecule has 1 aromatic carbocycles. The van der Waals surface area contributed by atoms with Crippen molar-refractivity contribution in [3.8, 4) is 5.75 Å². The Balaban J connectivity index is 2.78. The molecule has 1 aromatic rings. The molecule has 2 heteroatoms. The molecule has 0 spiro atoms. The Kier molecular flexibility index (Phi) is 2.49. The van der Waals surface area contributed by atoms with Gasteiger partial charge in [0.1, 0.15) is 5.75 Å². The molecule has 0 saturated carbocycles. The fourth-order valence-electron chi connectivity index (χ4n) is 1.00. The molecule has 0 fully saturated rings. The van der Waals surface area contributed by atoms with Crippen molar-refractivity contribution in [3.05, 3.63) is 29.8 Å². The normalized spacial score (nSPS) is 12.9. The summed E-state index contributed by atoms with van der Waals surface area (Å²) in [7, 11) is 0. The molecule has 0 aliphatic rings. The lowest BCUT2D eigenvalue weighted by molar-refractivity contribution is 0.194. The predicted octanol–water partition coefficient (Wildman–Crippen LogP) is 1.32. The maximum Gasteiger partial charge on any atom is 0.118 e. The highest BCUT2D eigenvalue weighted by atomic mass is 16.3. The summed E-state index contributed by atoms with van der Waals surface area (Å²) >= 11 is 0. The summed E-state index contributed by atoms with van der Waals surface area (Å²) in [4.78, 5) is 0. The van der Waals surface area contributed by atoms with E-state index in [9.17, 15) is 5.11 Å². The van der Waals surface area contributed by atoms with Crippen molar-refractivity contribution in [2.45, 2.75) is 19.4 Å². The molecule has 0 heterocycles. The van der Waals surface area contributed by atoms with Crippen LogP contribution in [-0.2, 0) is 6.42 Å². The number of para-hydroxylation sites is 1. The Morgan fingerprint density at radius 2 is 2.00 bits per heavy atom. The smallest absolute Gasteiger partial charge is 0.118 e. The molecule has 1 rings (SSSR count). The van der Waals surface area contributed by atoms with Crippen LogP contribution in [-0.4, -0.2) is 16.3 Å². The number of rotatable bonds is 2. The van der Waals surface area contributed by atoms with Gasteiger partial charge in [-0.25, -0.2) is 0 Å². The van der Waals surface area contributed by atoms with E-state index in [1.807, 2.05) is 12.1 Å². The largest absolute Gasteiger partial charge is 0.508 e. The summed E-state index contributed by atoms with van der Waals surface area (Å²) < 4.78 is 0. The lowest BCUT2D eigenvalue weighted by Crippen LogP contribution is -2.03. The van der Waals surface area contributed by atoms with Crippen molar-refractivity contribution < 1.29 is 10.2 Å². The van der Waals surface area contributed by atoms with Crippen LogP contribution in [0.2, 0.25) is 0 Å². The molecule has 0 aromatic heterocycles. The topological polar surface area (TPSA) is 40.5 Å². The van der Waals surface area contributed by atoms with Gasteiger partial charge in [-0.1, -0.05) is 18.2 Å². The van der Waals surface area contributed by atoms with E-state index in [1.54, 1.807) is 19.1 Å². The Morgan fingerprint density at radius 1 is 1.36 bits per heavy atom. The Labute approximate surface area is 66.1 Å². The highest BCUT2D eigenvalue weighted by Gasteiger charge is 2.02. The van der Waals surface area contributed by atoms with Crippen LogP contribution in [0.4, 0.5) is 0 Å². The molecule has 60 valence electrons. The molecular weight excluding hydrogens is 140 g/mol. The van der Waals surface area contributed by atoms with Crippen LogP contribution in [0.25, 0.3) is 0 Å². The first-order chi connectivity index (χ1) is 5.20. The van der Waals surface area contributed by atoms with Gasteiger partial charge in [0, 0.05) is 6.42 Å². The van der Waals surface area contributed by atoms with Gasteiger partial charge in [-0.15, -0.1) is 0 Å². The average Bonchev–Trinajstić information content (AvgIpc) is 1.93. The second kappa shape index (κ2) is 3.39. The molecule has 2 nitrogen and oxygen atoms in total. The van der Waals surface area contributed by atoms with Crippen LogP contribution < -0.4 is 0 Å². The lowest BCUT2D eigenvalue weighted by Gasteiger charge is -2.05. The third-order valence-electron chi connectivity index (χ3n) is 1.51. The molecule has 11 heavy (non-hydrogen) atoms. The SMILES string of the molecule is CC(O)Cc1ccccc1O. The van der Waals surface area contributed by atoms with E-state index in [0.717, 1.165) is 5.56 Å². The minimum absolute atomic E-state index is 0.258. The quantitative estimate of drug-likeness (QED) is 0.671. The monoisotopic (exact) mass is 152 g/mol. The fraction of sp³-hybridized carbons (Fsp3) is 0.333. The van der Waals surface area contributed by atoms with Crippen molar-refractivity contribution in [1.29, 1.82) is 0 Å². The number of aliphatic hydroxyl groups is 1. The molecule has 0 amide bonds. The Morgan fingerprint density at radius 3 is 2.55 bits per heavy atom. The van der Waals surface area contributed by atoms with Gasteiger partial charge in [-0.2, -0.15) is 0 Å². The van der Waals surface area contributed by atoms with E-state index in [1.165, 1.54) is 0 Å². The predicted molar refractivity (Wildman–Crippen MR) is 43.5 cm³/mol. The second-order valence-corrected chi connectivity index (χ2v) is 2.68. The van der Waals surface area contributed by atoms with Gasteiger partial charge in [0.2, 0.25) is 0 Å². The molecule has 1 atom stereocenters. The first-order valence-electron chi connectivity index (χ1n) is 3.65. The van der Waals surface area contributed by atoms with E-state index < -0.39 is 6.10 Å². The molecule has 0 saturated heterocycles. The van der Waals surface area contributed by atoms with Gasteiger partial charge < -0.3 is 10.2 Å². The van der Waals surface area contributed by atoms with Gasteiger partial charge in [0.25, 0.3) is 0 Å². The van der Waals surface area contributed by atoms with Gasteiger partial charge in [-0.05, 0) is 18.6 Å². The summed E-state index contributed by atoms with van der Waals surface area (Å²) in [6.07, 6.45) is 0.107. The molecule has 1 unspecified atom stereocenters. The number of phenolic OH excluding ortho intramolecular Hbond substituents is 1. The maximum atomic E-state index is 9.25. The summed E-state index contributed by atoms with van der Waals surface area (Å²) in [5.74, 6) is 0.258. The fourth-order valence-corrected chi connectivity index (χ4v) is 1.00. The molecular formula is C9H12O2. The Bertz CT molecular complexity index is 231. The minimum atomic E-state index is -0.400. The molecule has 0 aliphatic heterocycles. The summed E-state index contributed by atoms with van der Waals surface area (Å²) in [5.41, 5.74) is 0.794. The van der Waals surface area contributed by atoms with E-state index in [0.29, 0.717) is 6.42 Å². The molecule has 2 N–H and O–H groups in total. The van der Waals surface area contributed by atoms with Gasteiger partial charge in [0.05, 0.1) is 6.10 Å². The van der Waals surface area contributed by atoms with Crippen molar-refractivity contribution >= 4 is 0 Å². The van der Waals surface area contributed by atoms with Gasteiger partial charge in [-0.3, -0.25) is 0 Å². The lowest BCUT2D eigenvalue weighted by atomic mass is 10.1. The third-order valence-corrected chi connectivity index (χ3v) is 1.51. The zero-order valence-corrected chi connectivity index (χ0v) is 6.49. The van der Waals surface area contributed by atoms with Gasteiger partial charge in [0.15, 0.2) is 0 Å². The molecule has 0 aliphatic carbocycles. The zero-order valence-electron chi connectivity index (χ0n) is 6.49. The standard InChI is InChI=1S/C9H12O2/c1-7(10)6-8-4-2-3-5-9(8)11/h2-5,7,10-11H,6H2,1H3. The van der Waals surface area contributed by atoms with Crippen molar-refractivity contribution in [3.63, 3.8) is 0 Å². The van der Waals surface area contributed by atoms with Crippen molar-refractivity contribution in [2.75, 3.05) is 0 Å². The van der Waals surface area contributed by atoms with E-state index >= 15 is 0 Å². The first-order valence-corrected chi connectivity index (χ1v) is 3.65. The highest BCUT2D eigenvalue weighted by Crippen LogP contribution is 2.16. The van der Waals surface area contributed by atoms with Gasteiger partial charge >= 0.3 is 0 Å². The average molecular weight is 152 g/mol. The maximum absolute atomic E-state index is 9.25. The summed E-state index contributed by atoms with van der Waals surface area (Å²) in [5, 5.41) is 18.3. The molecule has 0 bridgehead atoms. The van der Waals surface area contributed by atoms with Crippen LogP contribution in [0.1, 0.15) is 12.5 Å². The Hall–Kier alpha value is -1.02. The van der Waals surface area contributed by atoms with Crippen LogP contribution >= 0.6 is 0 Å². The van der Waals surface area contributed by atoms with Crippen LogP contribution in [0.15, 0.2) is 24.3 Å². The van der Waals surface area contributed by atoms with Crippen molar-refractivity contribution in [2.24, 2.45) is 0 Å². The van der Waals surface area contributed by atoms with Crippen molar-refractivity contribution in [1.82, 2.24) is 0 Å². The van der Waals surface area contributed by atoms with E-state index in [4.69, 9.17) is 5.11 Å². The van der Waals surface area contributed by atoms with E-state index in [-0.39, 0.29) is 5.75 Å². The zero-order chi connectivity index (χ0) is 8.27.